The molecular formula is C15H19N3OS. The highest BCUT2D eigenvalue weighted by molar-refractivity contribution is 7.11. The summed E-state index contributed by atoms with van der Waals surface area (Å²) < 4.78 is 1.89. The number of aromatic nitrogens is 2. The molecule has 2 aromatic heterocycles. The van der Waals surface area contributed by atoms with Crippen LogP contribution in [0.3, 0.4) is 0 Å². The third-order valence-electron chi connectivity index (χ3n) is 3.86. The number of carbonyl (C=O) groups excluding carboxylic acids is 1. The monoisotopic (exact) mass is 289 g/mol. The molecule has 1 unspecified atom stereocenters. The fraction of sp³-hybridized carbons (Fsp3) is 0.467. The SMILES string of the molecule is Cc1cnc(C2CCCN(C(=O)c3cccn3C)C2)s1. The zero-order valence-corrected chi connectivity index (χ0v) is 12.7. The predicted octanol–water partition coefficient (Wildman–Crippen LogP) is 2.81. The molecule has 20 heavy (non-hydrogen) atoms. The zero-order chi connectivity index (χ0) is 14.1. The van der Waals surface area contributed by atoms with Gasteiger partial charge in [0, 0.05) is 43.3 Å². The van der Waals surface area contributed by atoms with Gasteiger partial charge in [0.25, 0.3) is 5.91 Å². The molecule has 5 heteroatoms. The number of hydrogen-bond donors (Lipinski definition) is 0. The second-order valence-corrected chi connectivity index (χ2v) is 6.67. The van der Waals surface area contributed by atoms with E-state index in [0.717, 1.165) is 31.6 Å². The molecule has 1 saturated heterocycles. The Kier molecular flexibility index (Phi) is 3.61. The van der Waals surface area contributed by atoms with Gasteiger partial charge >= 0.3 is 0 Å². The minimum absolute atomic E-state index is 0.135. The molecule has 0 N–H and O–H groups in total. The van der Waals surface area contributed by atoms with Crippen LogP contribution in [-0.4, -0.2) is 33.4 Å². The molecule has 1 aliphatic heterocycles. The topological polar surface area (TPSA) is 38.1 Å². The number of likely N-dealkylation sites (tertiary alicyclic amines) is 1. The second kappa shape index (κ2) is 5.40. The van der Waals surface area contributed by atoms with Gasteiger partial charge in [-0.05, 0) is 31.9 Å². The van der Waals surface area contributed by atoms with Crippen molar-refractivity contribution in [2.75, 3.05) is 13.1 Å². The normalized spacial score (nSPS) is 19.3. The molecule has 0 spiro atoms. The average Bonchev–Trinajstić information content (AvgIpc) is 3.07. The molecule has 1 fully saturated rings. The Morgan fingerprint density at radius 2 is 2.35 bits per heavy atom. The minimum atomic E-state index is 0.135. The Labute approximate surface area is 123 Å². The van der Waals surface area contributed by atoms with E-state index in [1.807, 2.05) is 41.0 Å². The van der Waals surface area contributed by atoms with Gasteiger partial charge in [-0.1, -0.05) is 0 Å². The van der Waals surface area contributed by atoms with Gasteiger partial charge < -0.3 is 9.47 Å². The Morgan fingerprint density at radius 1 is 1.50 bits per heavy atom. The van der Waals surface area contributed by atoms with Crippen LogP contribution in [0.2, 0.25) is 0 Å². The summed E-state index contributed by atoms with van der Waals surface area (Å²) in [6.45, 7) is 3.72. The van der Waals surface area contributed by atoms with Crippen molar-refractivity contribution in [3.8, 4) is 0 Å². The van der Waals surface area contributed by atoms with E-state index in [0.29, 0.717) is 5.92 Å². The van der Waals surface area contributed by atoms with E-state index < -0.39 is 0 Å². The van der Waals surface area contributed by atoms with Crippen LogP contribution < -0.4 is 0 Å². The lowest BCUT2D eigenvalue weighted by Crippen LogP contribution is -2.39. The van der Waals surface area contributed by atoms with E-state index in [2.05, 4.69) is 11.9 Å². The van der Waals surface area contributed by atoms with Crippen LogP contribution in [0.4, 0.5) is 0 Å². The zero-order valence-electron chi connectivity index (χ0n) is 11.9. The lowest BCUT2D eigenvalue weighted by atomic mass is 9.98. The van der Waals surface area contributed by atoms with Crippen molar-refractivity contribution in [3.05, 3.63) is 40.1 Å². The number of nitrogens with zero attached hydrogens (tertiary/aromatic N) is 3. The first kappa shape index (κ1) is 13.4. The van der Waals surface area contributed by atoms with E-state index in [4.69, 9.17) is 0 Å². The van der Waals surface area contributed by atoms with Crippen molar-refractivity contribution in [1.29, 1.82) is 0 Å². The van der Waals surface area contributed by atoms with Crippen LogP contribution in [0.25, 0.3) is 0 Å². The maximum atomic E-state index is 12.6. The van der Waals surface area contributed by atoms with Gasteiger partial charge in [-0.15, -0.1) is 11.3 Å². The highest BCUT2D eigenvalue weighted by Crippen LogP contribution is 2.30. The van der Waals surface area contributed by atoms with Gasteiger partial charge in [-0.25, -0.2) is 4.98 Å². The third-order valence-corrected chi connectivity index (χ3v) is 4.94. The molecule has 0 aromatic carbocycles. The molecule has 3 rings (SSSR count). The summed E-state index contributed by atoms with van der Waals surface area (Å²) in [6, 6.07) is 3.80. The molecule has 4 nitrogen and oxygen atoms in total. The molecule has 0 saturated carbocycles. The quantitative estimate of drug-likeness (QED) is 0.852. The van der Waals surface area contributed by atoms with Crippen LogP contribution in [0.5, 0.6) is 0 Å². The van der Waals surface area contributed by atoms with Crippen molar-refractivity contribution in [2.45, 2.75) is 25.7 Å². The Balaban J connectivity index is 1.75. The average molecular weight is 289 g/mol. The highest BCUT2D eigenvalue weighted by Gasteiger charge is 2.27. The lowest BCUT2D eigenvalue weighted by Gasteiger charge is -2.31. The first-order valence-electron chi connectivity index (χ1n) is 6.98. The molecule has 1 amide bonds. The summed E-state index contributed by atoms with van der Waals surface area (Å²) in [5.74, 6) is 0.530. The molecule has 1 atom stereocenters. The summed E-state index contributed by atoms with van der Waals surface area (Å²) >= 11 is 1.75. The van der Waals surface area contributed by atoms with E-state index in [1.165, 1.54) is 9.88 Å². The van der Waals surface area contributed by atoms with Crippen LogP contribution in [0, 0.1) is 6.92 Å². The summed E-state index contributed by atoms with van der Waals surface area (Å²) in [5.41, 5.74) is 0.765. The van der Waals surface area contributed by atoms with Crippen molar-refractivity contribution in [3.63, 3.8) is 0 Å². The number of piperidine rings is 1. The molecule has 2 aromatic rings. The summed E-state index contributed by atoms with van der Waals surface area (Å²) in [4.78, 5) is 20.3. The summed E-state index contributed by atoms with van der Waals surface area (Å²) in [5, 5.41) is 1.17. The molecule has 106 valence electrons. The van der Waals surface area contributed by atoms with Crippen molar-refractivity contribution < 1.29 is 4.79 Å². The largest absolute Gasteiger partial charge is 0.347 e. The summed E-state index contributed by atoms with van der Waals surface area (Å²) in [7, 11) is 1.92. The van der Waals surface area contributed by atoms with Gasteiger partial charge in [0.1, 0.15) is 5.69 Å². The van der Waals surface area contributed by atoms with Gasteiger partial charge in [-0.3, -0.25) is 4.79 Å². The number of rotatable bonds is 2. The Morgan fingerprint density at radius 3 is 3.00 bits per heavy atom. The maximum Gasteiger partial charge on any atom is 0.270 e. The Bertz CT molecular complexity index is 616. The molecular weight excluding hydrogens is 270 g/mol. The van der Waals surface area contributed by atoms with Crippen molar-refractivity contribution >= 4 is 17.2 Å². The van der Waals surface area contributed by atoms with E-state index in [-0.39, 0.29) is 5.91 Å². The fourth-order valence-corrected chi connectivity index (χ4v) is 3.67. The van der Waals surface area contributed by atoms with Gasteiger partial charge in [0.2, 0.25) is 0 Å². The number of amides is 1. The number of carbonyl (C=O) groups is 1. The first-order chi connectivity index (χ1) is 9.65. The molecule has 0 radical (unpaired) electrons. The van der Waals surface area contributed by atoms with Crippen molar-refractivity contribution in [2.24, 2.45) is 7.05 Å². The van der Waals surface area contributed by atoms with Gasteiger partial charge in [-0.2, -0.15) is 0 Å². The predicted molar refractivity (Wildman–Crippen MR) is 80.1 cm³/mol. The fourth-order valence-electron chi connectivity index (χ4n) is 2.77. The van der Waals surface area contributed by atoms with E-state index >= 15 is 0 Å². The molecule has 1 aliphatic rings. The standard InChI is InChI=1S/C15H19N3OS/c1-11-9-16-14(20-11)12-5-3-8-18(10-12)15(19)13-6-4-7-17(13)2/h4,6-7,9,12H,3,5,8,10H2,1-2H3. The van der Waals surface area contributed by atoms with Crippen LogP contribution >= 0.6 is 11.3 Å². The van der Waals surface area contributed by atoms with Crippen LogP contribution in [-0.2, 0) is 7.05 Å². The third kappa shape index (κ3) is 2.50. The second-order valence-electron chi connectivity index (χ2n) is 5.40. The maximum absolute atomic E-state index is 12.6. The molecule has 0 aliphatic carbocycles. The van der Waals surface area contributed by atoms with Gasteiger partial charge in [0.15, 0.2) is 0 Å². The van der Waals surface area contributed by atoms with Crippen LogP contribution in [0.1, 0.15) is 39.1 Å². The van der Waals surface area contributed by atoms with Crippen molar-refractivity contribution in [1.82, 2.24) is 14.5 Å². The first-order valence-corrected chi connectivity index (χ1v) is 7.79. The van der Waals surface area contributed by atoms with E-state index in [9.17, 15) is 4.79 Å². The van der Waals surface area contributed by atoms with Gasteiger partial charge in [0.05, 0.1) is 5.01 Å². The molecule has 0 bridgehead atoms. The minimum Gasteiger partial charge on any atom is -0.347 e. The smallest absolute Gasteiger partial charge is 0.270 e. The van der Waals surface area contributed by atoms with E-state index in [1.54, 1.807) is 11.3 Å². The Hall–Kier alpha value is -1.62. The van der Waals surface area contributed by atoms with Crippen LogP contribution in [0.15, 0.2) is 24.5 Å². The summed E-state index contributed by atoms with van der Waals surface area (Å²) in [6.07, 6.45) is 6.03. The molecule has 3 heterocycles. The number of thiazole rings is 1. The highest BCUT2D eigenvalue weighted by atomic mass is 32.1. The number of aryl methyl sites for hydroxylation is 2. The number of hydrogen-bond acceptors (Lipinski definition) is 3. The lowest BCUT2D eigenvalue weighted by molar-refractivity contribution is 0.0697.